The van der Waals surface area contributed by atoms with Gasteiger partial charge in [-0.1, -0.05) is 13.8 Å². The third kappa shape index (κ3) is 3.74. The molecule has 0 aromatic heterocycles. The number of ether oxygens (including phenoxy) is 1. The Morgan fingerprint density at radius 1 is 1.47 bits per heavy atom. The molecule has 15 heavy (non-hydrogen) atoms. The Balaban J connectivity index is 2.39. The lowest BCUT2D eigenvalue weighted by molar-refractivity contribution is 0.0526. The quantitative estimate of drug-likeness (QED) is 0.727. The standard InChI is InChI=1S/C12H26N2O/c1-4-14(11(3)10(2)8-13)9-12-6-5-7-15-12/h10-12H,4-9,13H2,1-3H3. The van der Waals surface area contributed by atoms with Crippen LogP contribution in [0.3, 0.4) is 0 Å². The van der Waals surface area contributed by atoms with E-state index in [4.69, 9.17) is 10.5 Å². The molecular formula is C12H26N2O. The van der Waals surface area contributed by atoms with Gasteiger partial charge < -0.3 is 10.5 Å². The second-order valence-electron chi connectivity index (χ2n) is 4.68. The van der Waals surface area contributed by atoms with Gasteiger partial charge in [-0.25, -0.2) is 0 Å². The summed E-state index contributed by atoms with van der Waals surface area (Å²) in [5.41, 5.74) is 5.72. The van der Waals surface area contributed by atoms with Crippen molar-refractivity contribution in [2.45, 2.75) is 45.8 Å². The fourth-order valence-electron chi connectivity index (χ4n) is 2.19. The Hall–Kier alpha value is -0.120. The first kappa shape index (κ1) is 12.9. The van der Waals surface area contributed by atoms with Crippen molar-refractivity contribution in [2.75, 3.05) is 26.2 Å². The first-order valence-corrected chi connectivity index (χ1v) is 6.24. The van der Waals surface area contributed by atoms with Crippen molar-refractivity contribution in [3.63, 3.8) is 0 Å². The zero-order valence-corrected chi connectivity index (χ0v) is 10.4. The lowest BCUT2D eigenvalue weighted by atomic mass is 10.0. The van der Waals surface area contributed by atoms with Crippen LogP contribution in [0, 0.1) is 5.92 Å². The third-order valence-electron chi connectivity index (χ3n) is 3.64. The van der Waals surface area contributed by atoms with Gasteiger partial charge in [-0.15, -0.1) is 0 Å². The Morgan fingerprint density at radius 3 is 2.67 bits per heavy atom. The fraction of sp³-hybridized carbons (Fsp3) is 1.00. The van der Waals surface area contributed by atoms with Crippen LogP contribution in [-0.2, 0) is 4.74 Å². The smallest absolute Gasteiger partial charge is 0.0702 e. The summed E-state index contributed by atoms with van der Waals surface area (Å²) in [6.45, 7) is 10.6. The molecule has 0 spiro atoms. The molecule has 0 bridgehead atoms. The van der Waals surface area contributed by atoms with Crippen LogP contribution in [-0.4, -0.2) is 43.3 Å². The van der Waals surface area contributed by atoms with Gasteiger partial charge >= 0.3 is 0 Å². The van der Waals surface area contributed by atoms with E-state index in [1.807, 2.05) is 0 Å². The summed E-state index contributed by atoms with van der Waals surface area (Å²) in [6.07, 6.45) is 2.90. The van der Waals surface area contributed by atoms with Crippen molar-refractivity contribution in [3.05, 3.63) is 0 Å². The summed E-state index contributed by atoms with van der Waals surface area (Å²) in [5.74, 6) is 0.561. The predicted molar refractivity (Wildman–Crippen MR) is 63.9 cm³/mol. The van der Waals surface area contributed by atoms with Gasteiger partial charge in [0.15, 0.2) is 0 Å². The Morgan fingerprint density at radius 2 is 2.20 bits per heavy atom. The minimum Gasteiger partial charge on any atom is -0.377 e. The van der Waals surface area contributed by atoms with Gasteiger partial charge in [0.25, 0.3) is 0 Å². The third-order valence-corrected chi connectivity index (χ3v) is 3.64. The number of hydrogen-bond donors (Lipinski definition) is 1. The molecule has 0 aromatic carbocycles. The molecule has 0 aromatic rings. The van der Waals surface area contributed by atoms with Crippen LogP contribution in [0.15, 0.2) is 0 Å². The average Bonchev–Trinajstić information content (AvgIpc) is 2.76. The maximum absolute atomic E-state index is 5.72. The predicted octanol–water partition coefficient (Wildman–Crippen LogP) is 1.47. The molecule has 0 radical (unpaired) electrons. The highest BCUT2D eigenvalue weighted by molar-refractivity contribution is 4.77. The molecule has 0 saturated carbocycles. The number of nitrogens with two attached hydrogens (primary N) is 1. The molecule has 1 saturated heterocycles. The molecule has 2 N–H and O–H groups in total. The van der Waals surface area contributed by atoms with Crippen molar-refractivity contribution in [2.24, 2.45) is 11.7 Å². The van der Waals surface area contributed by atoms with Crippen molar-refractivity contribution in [1.29, 1.82) is 0 Å². The molecule has 1 rings (SSSR count). The summed E-state index contributed by atoms with van der Waals surface area (Å²) in [5, 5.41) is 0. The maximum Gasteiger partial charge on any atom is 0.0702 e. The summed E-state index contributed by atoms with van der Waals surface area (Å²) in [6, 6.07) is 0.559. The Kier molecular flexibility index (Phi) is 5.58. The van der Waals surface area contributed by atoms with E-state index in [1.54, 1.807) is 0 Å². The second-order valence-corrected chi connectivity index (χ2v) is 4.68. The molecule has 0 aliphatic carbocycles. The van der Waals surface area contributed by atoms with Gasteiger partial charge in [0.1, 0.15) is 0 Å². The number of likely N-dealkylation sites (N-methyl/N-ethyl adjacent to an activating group) is 1. The normalized spacial score (nSPS) is 25.8. The SMILES string of the molecule is CCN(CC1CCCO1)C(C)C(C)CN. The van der Waals surface area contributed by atoms with Crippen molar-refractivity contribution in [1.82, 2.24) is 4.90 Å². The summed E-state index contributed by atoms with van der Waals surface area (Å²) in [4.78, 5) is 2.49. The summed E-state index contributed by atoms with van der Waals surface area (Å²) in [7, 11) is 0. The zero-order valence-electron chi connectivity index (χ0n) is 10.4. The number of rotatable bonds is 6. The van der Waals surface area contributed by atoms with Gasteiger partial charge in [-0.3, -0.25) is 4.90 Å². The van der Waals surface area contributed by atoms with E-state index in [9.17, 15) is 0 Å². The molecule has 0 amide bonds. The Bertz CT molecular complexity index is 169. The lowest BCUT2D eigenvalue weighted by Gasteiger charge is -2.33. The first-order valence-electron chi connectivity index (χ1n) is 6.24. The Labute approximate surface area is 94.0 Å². The summed E-state index contributed by atoms with van der Waals surface area (Å²) < 4.78 is 5.68. The van der Waals surface area contributed by atoms with E-state index in [-0.39, 0.29) is 0 Å². The molecule has 3 unspecified atom stereocenters. The minimum atomic E-state index is 0.456. The van der Waals surface area contributed by atoms with Crippen LogP contribution in [0.25, 0.3) is 0 Å². The topological polar surface area (TPSA) is 38.5 Å². The molecule has 3 heteroatoms. The maximum atomic E-state index is 5.72. The molecular weight excluding hydrogens is 188 g/mol. The molecule has 1 aliphatic rings. The van der Waals surface area contributed by atoms with Crippen LogP contribution >= 0.6 is 0 Å². The van der Waals surface area contributed by atoms with Crippen molar-refractivity contribution in [3.8, 4) is 0 Å². The van der Waals surface area contributed by atoms with Crippen LogP contribution in [0.2, 0.25) is 0 Å². The van der Waals surface area contributed by atoms with E-state index < -0.39 is 0 Å². The van der Waals surface area contributed by atoms with Crippen LogP contribution in [0.5, 0.6) is 0 Å². The fourth-order valence-corrected chi connectivity index (χ4v) is 2.19. The van der Waals surface area contributed by atoms with E-state index >= 15 is 0 Å². The van der Waals surface area contributed by atoms with Crippen LogP contribution in [0.4, 0.5) is 0 Å². The van der Waals surface area contributed by atoms with Gasteiger partial charge in [0.05, 0.1) is 6.10 Å². The highest BCUT2D eigenvalue weighted by atomic mass is 16.5. The van der Waals surface area contributed by atoms with E-state index in [0.717, 1.165) is 26.2 Å². The highest BCUT2D eigenvalue weighted by Gasteiger charge is 2.23. The lowest BCUT2D eigenvalue weighted by Crippen LogP contribution is -2.43. The second kappa shape index (κ2) is 6.46. The molecule has 3 atom stereocenters. The van der Waals surface area contributed by atoms with Crippen molar-refractivity contribution >= 4 is 0 Å². The van der Waals surface area contributed by atoms with Gasteiger partial charge in [-0.05, 0) is 38.8 Å². The molecule has 3 nitrogen and oxygen atoms in total. The van der Waals surface area contributed by atoms with E-state index in [2.05, 4.69) is 25.7 Å². The number of hydrogen-bond acceptors (Lipinski definition) is 3. The highest BCUT2D eigenvalue weighted by Crippen LogP contribution is 2.17. The number of nitrogens with zero attached hydrogens (tertiary/aromatic N) is 1. The largest absolute Gasteiger partial charge is 0.377 e. The van der Waals surface area contributed by atoms with Gasteiger partial charge in [0, 0.05) is 19.2 Å². The van der Waals surface area contributed by atoms with Crippen molar-refractivity contribution < 1.29 is 4.74 Å². The molecule has 1 heterocycles. The average molecular weight is 214 g/mol. The van der Waals surface area contributed by atoms with Gasteiger partial charge in [-0.2, -0.15) is 0 Å². The van der Waals surface area contributed by atoms with Gasteiger partial charge in [0.2, 0.25) is 0 Å². The zero-order chi connectivity index (χ0) is 11.3. The molecule has 90 valence electrons. The van der Waals surface area contributed by atoms with E-state index in [0.29, 0.717) is 18.1 Å². The van der Waals surface area contributed by atoms with E-state index in [1.165, 1.54) is 12.8 Å². The first-order chi connectivity index (χ1) is 7.19. The van der Waals surface area contributed by atoms with Crippen LogP contribution in [0.1, 0.15) is 33.6 Å². The molecule has 1 aliphatic heterocycles. The monoisotopic (exact) mass is 214 g/mol. The minimum absolute atomic E-state index is 0.456. The molecule has 1 fully saturated rings. The van der Waals surface area contributed by atoms with Crippen LogP contribution < -0.4 is 5.73 Å². The summed E-state index contributed by atoms with van der Waals surface area (Å²) >= 11 is 0.